The molecular formula is C11H24N2O3S. The van der Waals surface area contributed by atoms with E-state index < -0.39 is 9.84 Å². The van der Waals surface area contributed by atoms with Gasteiger partial charge in [-0.3, -0.25) is 0 Å². The van der Waals surface area contributed by atoms with Crippen LogP contribution in [0.4, 0.5) is 0 Å². The molecule has 1 rings (SSSR count). The highest BCUT2D eigenvalue weighted by Gasteiger charge is 2.35. The smallest absolute Gasteiger partial charge is 0.157 e. The van der Waals surface area contributed by atoms with Gasteiger partial charge in [0, 0.05) is 26.2 Å². The monoisotopic (exact) mass is 264 g/mol. The van der Waals surface area contributed by atoms with Gasteiger partial charge in [-0.1, -0.05) is 0 Å². The summed E-state index contributed by atoms with van der Waals surface area (Å²) in [5.41, 5.74) is 0. The quantitative estimate of drug-likeness (QED) is 0.642. The summed E-state index contributed by atoms with van der Waals surface area (Å²) in [6, 6.07) is 0. The van der Waals surface area contributed by atoms with E-state index in [4.69, 9.17) is 4.74 Å². The first-order valence-electron chi connectivity index (χ1n) is 6.12. The van der Waals surface area contributed by atoms with Gasteiger partial charge >= 0.3 is 0 Å². The van der Waals surface area contributed by atoms with Crippen LogP contribution in [-0.4, -0.2) is 70.8 Å². The van der Waals surface area contributed by atoms with Gasteiger partial charge in [0.05, 0.1) is 17.1 Å². The van der Waals surface area contributed by atoms with Crippen molar-refractivity contribution < 1.29 is 13.2 Å². The fourth-order valence-corrected chi connectivity index (χ4v) is 3.83. The van der Waals surface area contributed by atoms with Gasteiger partial charge in [-0.05, 0) is 27.4 Å². The summed E-state index contributed by atoms with van der Waals surface area (Å²) < 4.78 is 29.3. The van der Waals surface area contributed by atoms with Gasteiger partial charge in [0.2, 0.25) is 0 Å². The Labute approximate surface area is 104 Å². The summed E-state index contributed by atoms with van der Waals surface area (Å²) in [6.45, 7) is 4.68. The average molecular weight is 264 g/mol. The molecule has 0 aromatic heterocycles. The lowest BCUT2D eigenvalue weighted by atomic mass is 10.3. The third-order valence-electron chi connectivity index (χ3n) is 3.07. The molecular weight excluding hydrogens is 240 g/mol. The lowest BCUT2D eigenvalue weighted by Crippen LogP contribution is -2.35. The second-order valence-corrected chi connectivity index (χ2v) is 7.16. The summed E-state index contributed by atoms with van der Waals surface area (Å²) in [5, 5.41) is 2.84. The normalized spacial score (nSPS) is 25.6. The Morgan fingerprint density at radius 1 is 1.35 bits per heavy atom. The molecule has 0 spiro atoms. The molecule has 5 nitrogen and oxygen atoms in total. The van der Waals surface area contributed by atoms with E-state index in [0.29, 0.717) is 19.6 Å². The van der Waals surface area contributed by atoms with Crippen LogP contribution in [0.25, 0.3) is 0 Å². The first-order valence-corrected chi connectivity index (χ1v) is 7.83. The fourth-order valence-electron chi connectivity index (χ4n) is 1.98. The van der Waals surface area contributed by atoms with Gasteiger partial charge in [0.25, 0.3) is 0 Å². The summed E-state index contributed by atoms with van der Waals surface area (Å²) in [5.74, 6) is 0.207. The van der Waals surface area contributed by atoms with Crippen molar-refractivity contribution in [2.75, 3.05) is 46.1 Å². The van der Waals surface area contributed by atoms with Crippen molar-refractivity contribution in [3.8, 4) is 0 Å². The molecule has 0 amide bonds. The Morgan fingerprint density at radius 2 is 2.06 bits per heavy atom. The topological polar surface area (TPSA) is 58.6 Å². The molecule has 0 bridgehead atoms. The van der Waals surface area contributed by atoms with Crippen LogP contribution in [0.3, 0.4) is 0 Å². The van der Waals surface area contributed by atoms with Crippen LogP contribution in [-0.2, 0) is 14.6 Å². The predicted molar refractivity (Wildman–Crippen MR) is 69.0 cm³/mol. The molecule has 0 aromatic carbocycles. The molecule has 0 aliphatic carbocycles. The van der Waals surface area contributed by atoms with Crippen molar-refractivity contribution in [3.05, 3.63) is 0 Å². The van der Waals surface area contributed by atoms with E-state index in [-0.39, 0.29) is 17.1 Å². The SMILES string of the molecule is CC1OCCC1S(=O)(=O)CCNCCN(C)C. The lowest BCUT2D eigenvalue weighted by molar-refractivity contribution is 0.126. The molecule has 2 unspecified atom stereocenters. The first-order chi connectivity index (χ1) is 7.93. The van der Waals surface area contributed by atoms with Crippen molar-refractivity contribution in [2.45, 2.75) is 24.7 Å². The Hall–Kier alpha value is -0.170. The lowest BCUT2D eigenvalue weighted by Gasteiger charge is -2.15. The van der Waals surface area contributed by atoms with E-state index >= 15 is 0 Å². The second-order valence-electron chi connectivity index (χ2n) is 4.82. The minimum Gasteiger partial charge on any atom is -0.377 e. The van der Waals surface area contributed by atoms with Crippen molar-refractivity contribution in [3.63, 3.8) is 0 Å². The van der Waals surface area contributed by atoms with Crippen molar-refractivity contribution in [1.29, 1.82) is 0 Å². The van der Waals surface area contributed by atoms with Gasteiger partial charge in [-0.25, -0.2) is 8.42 Å². The molecule has 1 aliphatic heterocycles. The van der Waals surface area contributed by atoms with E-state index in [0.717, 1.165) is 13.1 Å². The Balaban J connectivity index is 2.25. The zero-order valence-electron chi connectivity index (χ0n) is 11.0. The van der Waals surface area contributed by atoms with Crippen LogP contribution >= 0.6 is 0 Å². The van der Waals surface area contributed by atoms with Crippen LogP contribution in [0, 0.1) is 0 Å². The van der Waals surface area contributed by atoms with E-state index in [1.54, 1.807) is 0 Å². The summed E-state index contributed by atoms with van der Waals surface area (Å²) in [4.78, 5) is 2.06. The van der Waals surface area contributed by atoms with E-state index in [9.17, 15) is 8.42 Å². The van der Waals surface area contributed by atoms with Crippen LogP contribution in [0.2, 0.25) is 0 Å². The fraction of sp³-hybridized carbons (Fsp3) is 1.00. The van der Waals surface area contributed by atoms with Gasteiger partial charge in [-0.15, -0.1) is 0 Å². The standard InChI is InChI=1S/C11H24N2O3S/c1-10-11(4-8-16-10)17(14,15)9-6-12-5-7-13(2)3/h10-12H,4-9H2,1-3H3. The Morgan fingerprint density at radius 3 is 2.59 bits per heavy atom. The molecule has 1 aliphatic rings. The molecule has 1 fully saturated rings. The van der Waals surface area contributed by atoms with Gasteiger partial charge in [-0.2, -0.15) is 0 Å². The van der Waals surface area contributed by atoms with Crippen molar-refractivity contribution in [1.82, 2.24) is 10.2 Å². The number of hydrogen-bond donors (Lipinski definition) is 1. The molecule has 6 heteroatoms. The summed E-state index contributed by atoms with van der Waals surface area (Å²) in [7, 11) is 0.981. The predicted octanol–water partition coefficient (Wildman–Crippen LogP) is -0.270. The minimum absolute atomic E-state index is 0.151. The van der Waals surface area contributed by atoms with Gasteiger partial charge in [0.1, 0.15) is 0 Å². The molecule has 0 aromatic rings. The number of hydrogen-bond acceptors (Lipinski definition) is 5. The molecule has 0 saturated carbocycles. The molecule has 1 saturated heterocycles. The maximum absolute atomic E-state index is 12.0. The Bertz CT molecular complexity index is 317. The zero-order valence-corrected chi connectivity index (χ0v) is 11.8. The number of likely N-dealkylation sites (N-methyl/N-ethyl adjacent to an activating group) is 1. The first kappa shape index (κ1) is 14.9. The maximum Gasteiger partial charge on any atom is 0.157 e. The van der Waals surface area contributed by atoms with Crippen LogP contribution in [0.5, 0.6) is 0 Å². The maximum atomic E-state index is 12.0. The third-order valence-corrected chi connectivity index (χ3v) is 5.38. The molecule has 1 N–H and O–H groups in total. The van der Waals surface area contributed by atoms with Gasteiger partial charge < -0.3 is 15.0 Å². The number of sulfone groups is 1. The highest BCUT2D eigenvalue weighted by atomic mass is 32.2. The molecule has 1 heterocycles. The largest absolute Gasteiger partial charge is 0.377 e. The van der Waals surface area contributed by atoms with Crippen LogP contribution in [0.15, 0.2) is 0 Å². The van der Waals surface area contributed by atoms with Gasteiger partial charge in [0.15, 0.2) is 9.84 Å². The second kappa shape index (κ2) is 6.68. The molecule has 0 radical (unpaired) electrons. The average Bonchev–Trinajstić information content (AvgIpc) is 2.64. The third kappa shape index (κ3) is 4.91. The molecule has 17 heavy (non-hydrogen) atoms. The number of nitrogens with zero attached hydrogens (tertiary/aromatic N) is 1. The van der Waals surface area contributed by atoms with E-state index in [1.165, 1.54) is 0 Å². The summed E-state index contributed by atoms with van der Waals surface area (Å²) in [6.07, 6.45) is 0.489. The minimum atomic E-state index is -3.01. The van der Waals surface area contributed by atoms with E-state index in [1.807, 2.05) is 21.0 Å². The number of rotatable bonds is 7. The highest BCUT2D eigenvalue weighted by Crippen LogP contribution is 2.21. The van der Waals surface area contributed by atoms with Crippen LogP contribution < -0.4 is 5.32 Å². The number of ether oxygens (including phenoxy) is 1. The Kier molecular flexibility index (Phi) is 5.85. The zero-order chi connectivity index (χ0) is 12.9. The van der Waals surface area contributed by atoms with Crippen molar-refractivity contribution >= 4 is 9.84 Å². The van der Waals surface area contributed by atoms with Crippen LogP contribution in [0.1, 0.15) is 13.3 Å². The van der Waals surface area contributed by atoms with E-state index in [2.05, 4.69) is 10.2 Å². The highest BCUT2D eigenvalue weighted by molar-refractivity contribution is 7.92. The molecule has 2 atom stereocenters. The summed E-state index contributed by atoms with van der Waals surface area (Å²) >= 11 is 0. The number of nitrogens with one attached hydrogen (secondary N) is 1. The molecule has 102 valence electrons. The van der Waals surface area contributed by atoms with Crippen molar-refractivity contribution in [2.24, 2.45) is 0 Å².